The van der Waals surface area contributed by atoms with E-state index in [1.165, 1.54) is 6.08 Å². The third kappa shape index (κ3) is 4.91. The summed E-state index contributed by atoms with van der Waals surface area (Å²) in [5.41, 5.74) is 6.82. The summed E-state index contributed by atoms with van der Waals surface area (Å²) in [4.78, 5) is 23.6. The van der Waals surface area contributed by atoms with Crippen LogP contribution in [0.2, 0.25) is 0 Å². The summed E-state index contributed by atoms with van der Waals surface area (Å²) >= 11 is 0. The highest BCUT2D eigenvalue weighted by Gasteiger charge is 2.35. The molecule has 1 unspecified atom stereocenters. The molecule has 6 nitrogen and oxygen atoms in total. The van der Waals surface area contributed by atoms with Crippen molar-refractivity contribution in [1.82, 2.24) is 5.32 Å². The Balaban J connectivity index is 1.94. The van der Waals surface area contributed by atoms with Crippen molar-refractivity contribution in [2.75, 3.05) is 25.0 Å². The highest BCUT2D eigenvalue weighted by Crippen LogP contribution is 2.17. The fourth-order valence-electron chi connectivity index (χ4n) is 2.41. The molecular formula is C17H23N3O3. The molecule has 1 aliphatic heterocycles. The number of carbonyl (C=O) groups is 2. The number of anilines is 1. The minimum Gasteiger partial charge on any atom is -0.463 e. The molecule has 6 heteroatoms. The molecule has 23 heavy (non-hydrogen) atoms. The first kappa shape index (κ1) is 17.2. The molecular weight excluding hydrogens is 294 g/mol. The van der Waals surface area contributed by atoms with Crippen molar-refractivity contribution < 1.29 is 14.3 Å². The van der Waals surface area contributed by atoms with Gasteiger partial charge in [0.05, 0.1) is 6.61 Å². The molecule has 1 atom stereocenters. The van der Waals surface area contributed by atoms with Crippen molar-refractivity contribution in [3.8, 4) is 0 Å². The average Bonchev–Trinajstić information content (AvgIpc) is 2.55. The van der Waals surface area contributed by atoms with Gasteiger partial charge in [0.15, 0.2) is 0 Å². The largest absolute Gasteiger partial charge is 0.463 e. The van der Waals surface area contributed by atoms with E-state index in [4.69, 9.17) is 10.5 Å². The first-order chi connectivity index (χ1) is 11.0. The summed E-state index contributed by atoms with van der Waals surface area (Å²) in [6.45, 7) is 3.49. The van der Waals surface area contributed by atoms with Gasteiger partial charge in [-0.2, -0.15) is 0 Å². The second-order valence-electron chi connectivity index (χ2n) is 5.60. The summed E-state index contributed by atoms with van der Waals surface area (Å²) in [5.74, 6) is -0.556. The molecule has 0 aliphatic carbocycles. The molecule has 0 spiro atoms. The van der Waals surface area contributed by atoms with Gasteiger partial charge in [0, 0.05) is 18.3 Å². The van der Waals surface area contributed by atoms with Crippen LogP contribution in [-0.2, 0) is 14.3 Å². The van der Waals surface area contributed by atoms with E-state index in [1.54, 1.807) is 25.1 Å². The van der Waals surface area contributed by atoms with Gasteiger partial charge in [0.2, 0.25) is 5.91 Å². The zero-order valence-electron chi connectivity index (χ0n) is 13.3. The van der Waals surface area contributed by atoms with Gasteiger partial charge in [-0.1, -0.05) is 12.1 Å². The molecule has 1 aromatic carbocycles. The predicted molar refractivity (Wildman–Crippen MR) is 89.8 cm³/mol. The molecule has 1 amide bonds. The molecule has 1 fully saturated rings. The average molecular weight is 317 g/mol. The molecule has 0 bridgehead atoms. The van der Waals surface area contributed by atoms with E-state index in [9.17, 15) is 9.59 Å². The molecule has 1 aliphatic rings. The number of hydrogen-bond donors (Lipinski definition) is 3. The van der Waals surface area contributed by atoms with Gasteiger partial charge < -0.3 is 21.1 Å². The van der Waals surface area contributed by atoms with E-state index in [-0.39, 0.29) is 11.9 Å². The van der Waals surface area contributed by atoms with Crippen LogP contribution in [0.1, 0.15) is 25.3 Å². The lowest BCUT2D eigenvalue weighted by Gasteiger charge is -2.32. The van der Waals surface area contributed by atoms with E-state index in [2.05, 4.69) is 10.6 Å². The third-order valence-electron chi connectivity index (χ3n) is 3.74. The van der Waals surface area contributed by atoms with Crippen LogP contribution in [0.15, 0.2) is 30.3 Å². The molecule has 4 N–H and O–H groups in total. The van der Waals surface area contributed by atoms with Crippen LogP contribution in [0, 0.1) is 0 Å². The number of amides is 1. The molecule has 2 rings (SSSR count). The maximum Gasteiger partial charge on any atom is 0.330 e. The van der Waals surface area contributed by atoms with Gasteiger partial charge in [-0.25, -0.2) is 4.79 Å². The van der Waals surface area contributed by atoms with Gasteiger partial charge >= 0.3 is 5.97 Å². The number of nitrogens with one attached hydrogen (secondary N) is 2. The molecule has 1 saturated heterocycles. The summed E-state index contributed by atoms with van der Waals surface area (Å²) in [6, 6.07) is 7.19. The van der Waals surface area contributed by atoms with Gasteiger partial charge in [0.25, 0.3) is 0 Å². The Kier molecular flexibility index (Phi) is 5.90. The van der Waals surface area contributed by atoms with Crippen molar-refractivity contribution in [3.63, 3.8) is 0 Å². The second-order valence-corrected chi connectivity index (χ2v) is 5.60. The zero-order valence-corrected chi connectivity index (χ0v) is 13.3. The van der Waals surface area contributed by atoms with E-state index in [0.29, 0.717) is 25.3 Å². The Bertz CT molecular complexity index is 575. The number of hydrogen-bond acceptors (Lipinski definition) is 5. The number of carbonyl (C=O) groups excluding carboxylic acids is 2. The Morgan fingerprint density at radius 3 is 2.74 bits per heavy atom. The van der Waals surface area contributed by atoms with Crippen LogP contribution in [0.3, 0.4) is 0 Å². The lowest BCUT2D eigenvalue weighted by Crippen LogP contribution is -2.60. The van der Waals surface area contributed by atoms with Crippen molar-refractivity contribution >= 4 is 23.6 Å². The van der Waals surface area contributed by atoms with Gasteiger partial charge in [-0.3, -0.25) is 4.79 Å². The molecule has 1 heterocycles. The smallest absolute Gasteiger partial charge is 0.330 e. The number of nitrogens with two attached hydrogens (primary N) is 1. The standard InChI is InChI=1S/C17H23N3O3/c1-2-23-15(21)9-6-13-4-7-14(8-5-13)20-16(22)17(18)10-3-11-19-12-17/h4-9,19H,2-3,10-12,18H2,1H3,(H,20,22). The van der Waals surface area contributed by atoms with Crippen LogP contribution in [-0.4, -0.2) is 37.1 Å². The minimum absolute atomic E-state index is 0.181. The van der Waals surface area contributed by atoms with Crippen LogP contribution in [0.25, 0.3) is 6.08 Å². The maximum absolute atomic E-state index is 12.3. The normalized spacial score (nSPS) is 21.1. The first-order valence-electron chi connectivity index (χ1n) is 7.79. The number of esters is 1. The van der Waals surface area contributed by atoms with E-state index >= 15 is 0 Å². The molecule has 0 aromatic heterocycles. The van der Waals surface area contributed by atoms with Gasteiger partial charge in [0.1, 0.15) is 5.54 Å². The fourth-order valence-corrected chi connectivity index (χ4v) is 2.41. The molecule has 0 radical (unpaired) electrons. The van der Waals surface area contributed by atoms with Crippen molar-refractivity contribution in [3.05, 3.63) is 35.9 Å². The summed E-state index contributed by atoms with van der Waals surface area (Å²) in [7, 11) is 0. The monoisotopic (exact) mass is 317 g/mol. The Labute approximate surface area is 136 Å². The summed E-state index contributed by atoms with van der Waals surface area (Å²) in [5, 5.41) is 5.99. The molecule has 0 saturated carbocycles. The van der Waals surface area contributed by atoms with Crippen LogP contribution in [0.5, 0.6) is 0 Å². The number of benzene rings is 1. The van der Waals surface area contributed by atoms with Crippen molar-refractivity contribution in [2.45, 2.75) is 25.3 Å². The first-order valence-corrected chi connectivity index (χ1v) is 7.79. The number of piperidine rings is 1. The minimum atomic E-state index is -0.860. The number of rotatable bonds is 5. The van der Waals surface area contributed by atoms with E-state index in [0.717, 1.165) is 18.5 Å². The number of ether oxygens (including phenoxy) is 1. The zero-order chi connectivity index (χ0) is 16.7. The second kappa shape index (κ2) is 7.89. The SMILES string of the molecule is CCOC(=O)C=Cc1ccc(NC(=O)C2(N)CCCNC2)cc1. The summed E-state index contributed by atoms with van der Waals surface area (Å²) < 4.78 is 4.82. The summed E-state index contributed by atoms with van der Waals surface area (Å²) in [6.07, 6.45) is 4.60. The third-order valence-corrected chi connectivity index (χ3v) is 3.74. The predicted octanol–water partition coefficient (Wildman–Crippen LogP) is 1.28. The van der Waals surface area contributed by atoms with Crippen molar-refractivity contribution in [1.29, 1.82) is 0 Å². The van der Waals surface area contributed by atoms with Gasteiger partial charge in [-0.15, -0.1) is 0 Å². The lowest BCUT2D eigenvalue weighted by atomic mass is 9.90. The van der Waals surface area contributed by atoms with Crippen LogP contribution in [0.4, 0.5) is 5.69 Å². The van der Waals surface area contributed by atoms with Crippen LogP contribution < -0.4 is 16.4 Å². The quantitative estimate of drug-likeness (QED) is 0.562. The molecule has 1 aromatic rings. The van der Waals surface area contributed by atoms with Crippen molar-refractivity contribution in [2.24, 2.45) is 5.73 Å². The Morgan fingerprint density at radius 1 is 1.39 bits per heavy atom. The Hall–Kier alpha value is -2.18. The highest BCUT2D eigenvalue weighted by atomic mass is 16.5. The Morgan fingerprint density at radius 2 is 2.13 bits per heavy atom. The van der Waals surface area contributed by atoms with E-state index < -0.39 is 5.54 Å². The van der Waals surface area contributed by atoms with E-state index in [1.807, 2.05) is 12.1 Å². The maximum atomic E-state index is 12.3. The van der Waals surface area contributed by atoms with Gasteiger partial charge in [-0.05, 0) is 50.1 Å². The lowest BCUT2D eigenvalue weighted by molar-refractivity contribution is -0.137. The van der Waals surface area contributed by atoms with Crippen LogP contribution >= 0.6 is 0 Å². The molecule has 124 valence electrons. The topological polar surface area (TPSA) is 93.5 Å². The highest BCUT2D eigenvalue weighted by molar-refractivity contribution is 5.98. The fraction of sp³-hybridized carbons (Fsp3) is 0.412.